The van der Waals surface area contributed by atoms with E-state index in [4.69, 9.17) is 16.3 Å². The van der Waals surface area contributed by atoms with Crippen molar-refractivity contribution in [2.45, 2.75) is 159 Å². The van der Waals surface area contributed by atoms with Crippen LogP contribution >= 0.6 is 11.6 Å². The summed E-state index contributed by atoms with van der Waals surface area (Å²) < 4.78 is 6.01. The van der Waals surface area contributed by atoms with Crippen molar-refractivity contribution in [3.05, 3.63) is 34.9 Å². The fourth-order valence-corrected chi connectivity index (χ4v) is 9.54. The van der Waals surface area contributed by atoms with E-state index >= 15 is 0 Å². The van der Waals surface area contributed by atoms with E-state index in [1.807, 2.05) is 49.9 Å². The Labute approximate surface area is 331 Å². The maximum atomic E-state index is 14.3. The van der Waals surface area contributed by atoms with Gasteiger partial charge < -0.3 is 36.0 Å². The molecule has 2 saturated heterocycles. The summed E-state index contributed by atoms with van der Waals surface area (Å²) in [6, 6.07) is 5.69. The van der Waals surface area contributed by atoms with E-state index in [0.717, 1.165) is 76.2 Å². The van der Waals surface area contributed by atoms with E-state index in [-0.39, 0.29) is 42.2 Å². The molecular formula is C42H62ClN5O7. The molecule has 3 saturated carbocycles. The van der Waals surface area contributed by atoms with Crippen LogP contribution in [0.25, 0.3) is 0 Å². The van der Waals surface area contributed by atoms with Crippen LogP contribution in [0.4, 0.5) is 4.79 Å². The minimum Gasteiger partial charge on any atom is -0.446 e. The van der Waals surface area contributed by atoms with Gasteiger partial charge >= 0.3 is 6.09 Å². The molecular weight excluding hydrogens is 722 g/mol. The first kappa shape index (κ1) is 41.3. The number of carbonyl (C=O) groups is 5. The third kappa shape index (κ3) is 11.1. The van der Waals surface area contributed by atoms with Crippen molar-refractivity contribution in [1.29, 1.82) is 0 Å². The molecule has 2 heterocycles. The van der Waals surface area contributed by atoms with Crippen molar-refractivity contribution in [2.24, 2.45) is 23.2 Å². The molecule has 0 radical (unpaired) electrons. The Morgan fingerprint density at radius 2 is 1.69 bits per heavy atom. The third-order valence-electron chi connectivity index (χ3n) is 12.6. The molecule has 2 aliphatic heterocycles. The second-order valence-corrected chi connectivity index (χ2v) is 18.6. The van der Waals surface area contributed by atoms with Crippen molar-refractivity contribution in [3.63, 3.8) is 0 Å². The van der Waals surface area contributed by atoms with E-state index in [1.165, 1.54) is 0 Å². The fourth-order valence-electron chi connectivity index (χ4n) is 9.32. The van der Waals surface area contributed by atoms with Crippen LogP contribution in [0.3, 0.4) is 0 Å². The molecule has 0 bridgehead atoms. The highest BCUT2D eigenvalue weighted by atomic mass is 35.5. The molecule has 304 valence electrons. The minimum absolute atomic E-state index is 0.00804. The topological polar surface area (TPSA) is 166 Å². The van der Waals surface area contributed by atoms with E-state index in [9.17, 15) is 29.1 Å². The molecule has 12 nitrogen and oxygen atoms in total. The Morgan fingerprint density at radius 3 is 2.36 bits per heavy atom. The largest absolute Gasteiger partial charge is 0.446 e. The van der Waals surface area contributed by atoms with Gasteiger partial charge in [0.25, 0.3) is 5.91 Å². The van der Waals surface area contributed by atoms with Gasteiger partial charge in [-0.05, 0) is 94.2 Å². The van der Waals surface area contributed by atoms with Gasteiger partial charge in [0.15, 0.2) is 6.10 Å². The first-order valence-corrected chi connectivity index (χ1v) is 21.2. The van der Waals surface area contributed by atoms with Gasteiger partial charge in [0, 0.05) is 46.9 Å². The molecule has 5 N–H and O–H groups in total. The number of carbonyl (C=O) groups excluding carboxylic acids is 5. The van der Waals surface area contributed by atoms with Gasteiger partial charge in [-0.15, -0.1) is 0 Å². The average molecular weight is 784 g/mol. The van der Waals surface area contributed by atoms with E-state index in [1.54, 1.807) is 0 Å². The van der Waals surface area contributed by atoms with Crippen LogP contribution in [0.15, 0.2) is 24.3 Å². The highest BCUT2D eigenvalue weighted by molar-refractivity contribution is 6.30. The van der Waals surface area contributed by atoms with Crippen LogP contribution in [0, 0.1) is 23.2 Å². The maximum Gasteiger partial charge on any atom is 0.408 e. The number of halogens is 1. The molecule has 5 amide bonds. The highest BCUT2D eigenvalue weighted by Crippen LogP contribution is 2.38. The van der Waals surface area contributed by atoms with E-state index in [0.29, 0.717) is 43.8 Å². The van der Waals surface area contributed by atoms with Crippen LogP contribution in [0.5, 0.6) is 0 Å². The van der Waals surface area contributed by atoms with E-state index < -0.39 is 53.0 Å². The number of benzene rings is 1. The number of hydrogen-bond donors (Lipinski definition) is 5. The molecule has 5 unspecified atom stereocenters. The second-order valence-electron chi connectivity index (χ2n) is 18.2. The Hall–Kier alpha value is -3.38. The fraction of sp³-hybridized carbons (Fsp3) is 0.738. The second kappa shape index (κ2) is 17.8. The van der Waals surface area contributed by atoms with Gasteiger partial charge in [-0.1, -0.05) is 76.6 Å². The van der Waals surface area contributed by atoms with Crippen molar-refractivity contribution in [1.82, 2.24) is 26.2 Å². The normalized spacial score (nSPS) is 25.8. The summed E-state index contributed by atoms with van der Waals surface area (Å²) in [5.41, 5.74) is 0.0958. The molecule has 55 heavy (non-hydrogen) atoms. The van der Waals surface area contributed by atoms with Gasteiger partial charge in [-0.2, -0.15) is 0 Å². The summed E-state index contributed by atoms with van der Waals surface area (Å²) in [6.07, 6.45) is 9.72. The summed E-state index contributed by atoms with van der Waals surface area (Å²) in [4.78, 5) is 69.4. The van der Waals surface area contributed by atoms with Gasteiger partial charge in [-0.3, -0.25) is 19.2 Å². The quantitative estimate of drug-likeness (QED) is 0.184. The summed E-state index contributed by atoms with van der Waals surface area (Å²) in [5, 5.41) is 24.0. The van der Waals surface area contributed by atoms with Crippen LogP contribution in [-0.4, -0.2) is 88.7 Å². The van der Waals surface area contributed by atoms with Gasteiger partial charge in [0.1, 0.15) is 12.1 Å². The number of rotatable bonds is 13. The molecule has 3 aliphatic carbocycles. The van der Waals surface area contributed by atoms with Crippen molar-refractivity contribution < 1.29 is 33.8 Å². The molecule has 13 heteroatoms. The van der Waals surface area contributed by atoms with Crippen LogP contribution in [0.1, 0.15) is 123 Å². The summed E-state index contributed by atoms with van der Waals surface area (Å²) in [5.74, 6) is -1.40. The SMILES string of the molecule is CC(C)(C)C(=O)N1CCC2(CC1)CC(CC(NC(=O)[C@H](CC1CCCCC1)NC(=O)OC1CCCC1Cc1cccc(Cl)c1)C(O)C(=O)NC1CC1)C(=O)N2. The molecule has 5 fully saturated rings. The number of nitrogens with zero attached hydrogens (tertiary/aromatic N) is 1. The number of amides is 5. The van der Waals surface area contributed by atoms with Gasteiger partial charge in [-0.25, -0.2) is 4.79 Å². The lowest BCUT2D eigenvalue weighted by atomic mass is 9.81. The van der Waals surface area contributed by atoms with Gasteiger partial charge in [0.2, 0.25) is 17.7 Å². The summed E-state index contributed by atoms with van der Waals surface area (Å²) >= 11 is 6.23. The molecule has 1 aromatic carbocycles. The molecule has 6 rings (SSSR count). The molecule has 5 aliphatic rings. The zero-order valence-corrected chi connectivity index (χ0v) is 33.6. The van der Waals surface area contributed by atoms with Crippen molar-refractivity contribution >= 4 is 41.3 Å². The number of likely N-dealkylation sites (tertiary alicyclic amines) is 1. The summed E-state index contributed by atoms with van der Waals surface area (Å²) in [7, 11) is 0. The van der Waals surface area contributed by atoms with Crippen LogP contribution in [0.2, 0.25) is 5.02 Å². The Bertz CT molecular complexity index is 1550. The highest BCUT2D eigenvalue weighted by Gasteiger charge is 2.48. The number of alkyl carbamates (subject to hydrolysis) is 1. The Kier molecular flexibility index (Phi) is 13.4. The third-order valence-corrected chi connectivity index (χ3v) is 12.9. The smallest absolute Gasteiger partial charge is 0.408 e. The zero-order valence-electron chi connectivity index (χ0n) is 32.9. The maximum absolute atomic E-state index is 14.3. The number of ether oxygens (including phenoxy) is 1. The Balaban J connectivity index is 1.13. The first-order chi connectivity index (χ1) is 26.2. The molecule has 1 spiro atoms. The van der Waals surface area contributed by atoms with E-state index in [2.05, 4.69) is 21.3 Å². The number of aliphatic hydroxyl groups excluding tert-OH is 1. The number of nitrogens with one attached hydrogen (secondary N) is 4. The lowest BCUT2D eigenvalue weighted by molar-refractivity contribution is -0.141. The predicted octanol–water partition coefficient (Wildman–Crippen LogP) is 5.17. The molecule has 1 aromatic rings. The predicted molar refractivity (Wildman–Crippen MR) is 209 cm³/mol. The standard InChI is InChI=1S/C42H62ClN5O7/c1-41(2,3)39(53)48-19-17-42(18-20-48)25-29(36(50)47-42)24-32(35(49)38(52)44-31-15-16-31)45-37(51)33(23-26-9-5-4-6-10-26)46-40(54)55-34-14-8-12-28(34)21-27-11-7-13-30(43)22-27/h7,11,13,22,26,28-29,31-35,49H,4-6,8-10,12,14-21,23-25H2,1-3H3,(H,44,52)(H,45,51)(H,46,54)(H,47,50)/t28?,29?,32?,33-,34?,35?/m0/s1. The lowest BCUT2D eigenvalue weighted by Crippen LogP contribution is -2.57. The zero-order chi connectivity index (χ0) is 39.3. The van der Waals surface area contributed by atoms with Gasteiger partial charge in [0.05, 0.1) is 6.04 Å². The number of piperidine rings is 1. The minimum atomic E-state index is -1.59. The number of aliphatic hydroxyl groups is 1. The number of hydrogen-bond acceptors (Lipinski definition) is 7. The molecule has 6 atom stereocenters. The summed E-state index contributed by atoms with van der Waals surface area (Å²) in [6.45, 7) is 6.77. The van der Waals surface area contributed by atoms with Crippen LogP contribution in [-0.2, 0) is 30.3 Å². The Morgan fingerprint density at radius 1 is 0.964 bits per heavy atom. The van der Waals surface area contributed by atoms with Crippen molar-refractivity contribution in [3.8, 4) is 0 Å². The average Bonchev–Trinajstić information content (AvgIpc) is 3.78. The molecule has 0 aromatic heterocycles. The van der Waals surface area contributed by atoms with Crippen molar-refractivity contribution in [2.75, 3.05) is 13.1 Å². The monoisotopic (exact) mass is 783 g/mol. The van der Waals surface area contributed by atoms with Crippen LogP contribution < -0.4 is 21.3 Å². The first-order valence-electron chi connectivity index (χ1n) is 20.8. The lowest BCUT2D eigenvalue weighted by Gasteiger charge is -2.41.